The molecule has 6 rings (SSSR count). The van der Waals surface area contributed by atoms with E-state index < -0.39 is 0 Å². The van der Waals surface area contributed by atoms with Crippen LogP contribution in [0, 0.1) is 0 Å². The number of fused-ring (bicyclic) bond motifs is 2. The van der Waals surface area contributed by atoms with Crippen molar-refractivity contribution in [2.24, 2.45) is 0 Å². The molecule has 0 N–H and O–H groups in total. The second kappa shape index (κ2) is 10.0. The molecular weight excluding hydrogens is 446 g/mol. The van der Waals surface area contributed by atoms with Gasteiger partial charge in [0.25, 0.3) is 0 Å². The van der Waals surface area contributed by atoms with Gasteiger partial charge in [-0.15, -0.1) is 0 Å². The van der Waals surface area contributed by atoms with Crippen molar-refractivity contribution in [2.45, 2.75) is 0 Å². The molecule has 1 nitrogen and oxygen atoms in total. The molecule has 0 fully saturated rings. The zero-order valence-corrected chi connectivity index (χ0v) is 20.6. The molecule has 37 heavy (non-hydrogen) atoms. The van der Waals surface area contributed by atoms with E-state index in [1.54, 1.807) is 0 Å². The number of hydrogen-bond donors (Lipinski definition) is 0. The van der Waals surface area contributed by atoms with E-state index in [0.717, 1.165) is 22.6 Å². The Labute approximate surface area is 218 Å². The van der Waals surface area contributed by atoms with Crippen LogP contribution in [0.5, 0.6) is 0 Å². The van der Waals surface area contributed by atoms with Crippen LogP contribution in [-0.2, 0) is 0 Å². The lowest BCUT2D eigenvalue weighted by atomic mass is 10.00. The molecule has 0 saturated heterocycles. The Morgan fingerprint density at radius 2 is 0.865 bits per heavy atom. The molecule has 0 radical (unpaired) electrons. The maximum absolute atomic E-state index is 3.89. The van der Waals surface area contributed by atoms with Crippen molar-refractivity contribution in [3.8, 4) is 0 Å². The van der Waals surface area contributed by atoms with Crippen LogP contribution in [-0.4, -0.2) is 0 Å². The first kappa shape index (κ1) is 22.6. The highest BCUT2D eigenvalue weighted by molar-refractivity contribution is 5.99. The minimum Gasteiger partial charge on any atom is -0.311 e. The standard InChI is InChI=1S/C36H27N/c1-2-27-15-19-30-26-33-24-29(16-20-31(33)25-32(30)23-27)14-13-28-17-21-36(22-18-28)37(34-9-5-3-6-10-34)35-11-7-4-8-12-35/h2-26H,1H2/b14-13+. The van der Waals surface area contributed by atoms with E-state index in [4.69, 9.17) is 0 Å². The first-order valence-electron chi connectivity index (χ1n) is 12.6. The molecule has 0 heterocycles. The van der Waals surface area contributed by atoms with Crippen LogP contribution in [0.25, 0.3) is 39.8 Å². The van der Waals surface area contributed by atoms with Gasteiger partial charge >= 0.3 is 0 Å². The predicted octanol–water partition coefficient (Wildman–Crippen LogP) is 10.3. The van der Waals surface area contributed by atoms with Crippen LogP contribution >= 0.6 is 0 Å². The van der Waals surface area contributed by atoms with Gasteiger partial charge in [-0.3, -0.25) is 0 Å². The summed E-state index contributed by atoms with van der Waals surface area (Å²) >= 11 is 0. The maximum atomic E-state index is 3.89. The summed E-state index contributed by atoms with van der Waals surface area (Å²) < 4.78 is 0. The van der Waals surface area contributed by atoms with Crippen molar-refractivity contribution in [3.63, 3.8) is 0 Å². The fraction of sp³-hybridized carbons (Fsp3) is 0. The Morgan fingerprint density at radius 1 is 0.405 bits per heavy atom. The summed E-state index contributed by atoms with van der Waals surface area (Å²) in [5.41, 5.74) is 6.91. The van der Waals surface area contributed by atoms with Gasteiger partial charge < -0.3 is 4.90 Å². The molecule has 0 aliphatic rings. The average molecular weight is 474 g/mol. The van der Waals surface area contributed by atoms with Crippen molar-refractivity contribution in [1.82, 2.24) is 0 Å². The van der Waals surface area contributed by atoms with Crippen LogP contribution in [0.4, 0.5) is 17.1 Å². The zero-order valence-electron chi connectivity index (χ0n) is 20.6. The number of benzene rings is 6. The van der Waals surface area contributed by atoms with E-state index in [1.807, 2.05) is 6.08 Å². The van der Waals surface area contributed by atoms with Crippen molar-refractivity contribution >= 4 is 56.8 Å². The lowest BCUT2D eigenvalue weighted by Crippen LogP contribution is -2.09. The number of anilines is 3. The predicted molar refractivity (Wildman–Crippen MR) is 162 cm³/mol. The Hall–Kier alpha value is -4.88. The Kier molecular flexibility index (Phi) is 6.10. The normalized spacial score (nSPS) is 11.2. The second-order valence-electron chi connectivity index (χ2n) is 9.20. The fourth-order valence-corrected chi connectivity index (χ4v) is 4.79. The van der Waals surface area contributed by atoms with E-state index in [1.165, 1.54) is 32.7 Å². The number of para-hydroxylation sites is 2. The topological polar surface area (TPSA) is 3.24 Å². The van der Waals surface area contributed by atoms with Crippen molar-refractivity contribution < 1.29 is 0 Å². The molecule has 0 bridgehead atoms. The summed E-state index contributed by atoms with van der Waals surface area (Å²) in [5, 5.41) is 4.99. The maximum Gasteiger partial charge on any atom is 0.0462 e. The average Bonchev–Trinajstić information content (AvgIpc) is 2.96. The zero-order chi connectivity index (χ0) is 25.0. The van der Waals surface area contributed by atoms with Gasteiger partial charge in [0.15, 0.2) is 0 Å². The Balaban J connectivity index is 1.27. The molecule has 6 aromatic rings. The van der Waals surface area contributed by atoms with Gasteiger partial charge in [-0.2, -0.15) is 0 Å². The number of rotatable bonds is 6. The molecule has 0 saturated carbocycles. The summed E-state index contributed by atoms with van der Waals surface area (Å²) in [5.74, 6) is 0. The van der Waals surface area contributed by atoms with Crippen LogP contribution < -0.4 is 4.90 Å². The molecule has 1 heteroatoms. The lowest BCUT2D eigenvalue weighted by molar-refractivity contribution is 1.28. The Bertz CT molecular complexity index is 1670. The van der Waals surface area contributed by atoms with Crippen molar-refractivity contribution in [2.75, 3.05) is 4.90 Å². The highest BCUT2D eigenvalue weighted by atomic mass is 15.1. The lowest BCUT2D eigenvalue weighted by Gasteiger charge is -2.25. The highest BCUT2D eigenvalue weighted by Gasteiger charge is 2.11. The second-order valence-corrected chi connectivity index (χ2v) is 9.20. The van der Waals surface area contributed by atoms with Gasteiger partial charge in [0.1, 0.15) is 0 Å². The van der Waals surface area contributed by atoms with Crippen LogP contribution in [0.15, 0.2) is 140 Å². The van der Waals surface area contributed by atoms with Crippen LogP contribution in [0.1, 0.15) is 16.7 Å². The molecule has 6 aromatic carbocycles. The molecule has 176 valence electrons. The van der Waals surface area contributed by atoms with Crippen molar-refractivity contribution in [1.29, 1.82) is 0 Å². The smallest absolute Gasteiger partial charge is 0.0462 e. The molecule has 0 aliphatic heterocycles. The summed E-state index contributed by atoms with van der Waals surface area (Å²) in [7, 11) is 0. The molecular formula is C36H27N. The van der Waals surface area contributed by atoms with Gasteiger partial charge in [-0.1, -0.05) is 97.6 Å². The number of hydrogen-bond acceptors (Lipinski definition) is 1. The first-order chi connectivity index (χ1) is 18.3. The van der Waals surface area contributed by atoms with Gasteiger partial charge in [-0.25, -0.2) is 0 Å². The van der Waals surface area contributed by atoms with E-state index in [2.05, 4.69) is 157 Å². The van der Waals surface area contributed by atoms with Gasteiger partial charge in [0.2, 0.25) is 0 Å². The molecule has 0 atom stereocenters. The molecule has 0 aliphatic carbocycles. The monoisotopic (exact) mass is 473 g/mol. The summed E-state index contributed by atoms with van der Waals surface area (Å²) in [6, 6.07) is 47.3. The molecule has 0 amide bonds. The van der Waals surface area contributed by atoms with Crippen LogP contribution in [0.2, 0.25) is 0 Å². The summed E-state index contributed by atoms with van der Waals surface area (Å²) in [6.45, 7) is 3.89. The number of nitrogens with zero attached hydrogens (tertiary/aromatic N) is 1. The SMILES string of the molecule is C=Cc1ccc2cc3cc(/C=C/c4ccc(N(c5ccccc5)c5ccccc5)cc4)ccc3cc2c1. The van der Waals surface area contributed by atoms with E-state index >= 15 is 0 Å². The van der Waals surface area contributed by atoms with E-state index in [-0.39, 0.29) is 0 Å². The minimum atomic E-state index is 1.13. The van der Waals surface area contributed by atoms with Crippen LogP contribution in [0.3, 0.4) is 0 Å². The third-order valence-electron chi connectivity index (χ3n) is 6.73. The van der Waals surface area contributed by atoms with Gasteiger partial charge in [0, 0.05) is 17.1 Å². The van der Waals surface area contributed by atoms with Gasteiger partial charge in [0.05, 0.1) is 0 Å². The highest BCUT2D eigenvalue weighted by Crippen LogP contribution is 2.34. The van der Waals surface area contributed by atoms with E-state index in [9.17, 15) is 0 Å². The van der Waals surface area contributed by atoms with Crippen molar-refractivity contribution in [3.05, 3.63) is 157 Å². The largest absolute Gasteiger partial charge is 0.311 e. The third kappa shape index (κ3) is 4.80. The minimum absolute atomic E-state index is 1.13. The molecule has 0 spiro atoms. The fourth-order valence-electron chi connectivity index (χ4n) is 4.79. The quantitative estimate of drug-likeness (QED) is 0.172. The Morgan fingerprint density at radius 3 is 1.43 bits per heavy atom. The summed E-state index contributed by atoms with van der Waals surface area (Å²) in [4.78, 5) is 2.28. The summed E-state index contributed by atoms with van der Waals surface area (Å²) in [6.07, 6.45) is 6.26. The molecule has 0 unspecified atom stereocenters. The van der Waals surface area contributed by atoms with E-state index in [0.29, 0.717) is 0 Å². The molecule has 0 aromatic heterocycles. The van der Waals surface area contributed by atoms with Gasteiger partial charge in [-0.05, 0) is 98.9 Å². The third-order valence-corrected chi connectivity index (χ3v) is 6.73. The first-order valence-corrected chi connectivity index (χ1v) is 12.6.